The highest BCUT2D eigenvalue weighted by Gasteiger charge is 2.20. The monoisotopic (exact) mass is 293 g/mol. The van der Waals surface area contributed by atoms with E-state index in [9.17, 15) is 9.59 Å². The zero-order valence-corrected chi connectivity index (χ0v) is 12.3. The summed E-state index contributed by atoms with van der Waals surface area (Å²) in [7, 11) is 0. The lowest BCUT2D eigenvalue weighted by molar-refractivity contribution is -0.117. The zero-order valence-electron chi connectivity index (χ0n) is 11.4. The smallest absolute Gasteiger partial charge is 0.242 e. The molecule has 0 aromatic heterocycles. The number of amides is 2. The summed E-state index contributed by atoms with van der Waals surface area (Å²) in [6.45, 7) is 2.66. The maximum Gasteiger partial charge on any atom is 0.242 e. The third-order valence-electron chi connectivity index (χ3n) is 2.97. The first-order valence-corrected chi connectivity index (χ1v) is 7.86. The van der Waals surface area contributed by atoms with Crippen molar-refractivity contribution in [3.8, 4) is 0 Å². The minimum absolute atomic E-state index is 0.0313. The molecule has 0 saturated carbocycles. The highest BCUT2D eigenvalue weighted by atomic mass is 32.2. The molecule has 1 saturated heterocycles. The van der Waals surface area contributed by atoms with Crippen LogP contribution in [0.25, 0.3) is 0 Å². The van der Waals surface area contributed by atoms with Gasteiger partial charge in [-0.1, -0.05) is 13.0 Å². The summed E-state index contributed by atoms with van der Waals surface area (Å²) in [5, 5.41) is 8.84. The first-order chi connectivity index (χ1) is 9.69. The highest BCUT2D eigenvalue weighted by Crippen LogP contribution is 2.16. The second kappa shape index (κ2) is 7.31. The normalized spacial score (nSPS) is 18.4. The lowest BCUT2D eigenvalue weighted by atomic mass is 10.2. The Bertz CT molecular complexity index is 487. The van der Waals surface area contributed by atoms with Crippen molar-refractivity contribution in [2.24, 2.45) is 0 Å². The maximum atomic E-state index is 12.1. The average molecular weight is 293 g/mol. The van der Waals surface area contributed by atoms with Crippen LogP contribution >= 0.6 is 11.8 Å². The third kappa shape index (κ3) is 4.25. The summed E-state index contributed by atoms with van der Waals surface area (Å²) in [5.41, 5.74) is 1.39. The van der Waals surface area contributed by atoms with Crippen LogP contribution in [0.4, 0.5) is 11.4 Å². The van der Waals surface area contributed by atoms with Crippen LogP contribution < -0.4 is 16.0 Å². The molecule has 3 N–H and O–H groups in total. The van der Waals surface area contributed by atoms with Crippen molar-refractivity contribution in [3.63, 3.8) is 0 Å². The largest absolute Gasteiger partial charge is 0.326 e. The Kier molecular flexibility index (Phi) is 5.43. The number of carbonyl (C=O) groups excluding carboxylic acids is 2. The lowest BCUT2D eigenvalue weighted by Gasteiger charge is -2.22. The Balaban J connectivity index is 1.96. The molecule has 5 nitrogen and oxygen atoms in total. The van der Waals surface area contributed by atoms with Crippen molar-refractivity contribution in [2.45, 2.75) is 19.4 Å². The Morgan fingerprint density at radius 3 is 2.75 bits per heavy atom. The Morgan fingerprint density at radius 1 is 1.35 bits per heavy atom. The van der Waals surface area contributed by atoms with Gasteiger partial charge in [0.2, 0.25) is 11.8 Å². The van der Waals surface area contributed by atoms with Gasteiger partial charge >= 0.3 is 0 Å². The van der Waals surface area contributed by atoms with Gasteiger partial charge in [-0.3, -0.25) is 9.59 Å². The van der Waals surface area contributed by atoms with Crippen LogP contribution in [-0.2, 0) is 9.59 Å². The predicted molar refractivity (Wildman–Crippen MR) is 83.1 cm³/mol. The van der Waals surface area contributed by atoms with Crippen LogP contribution in [0.3, 0.4) is 0 Å². The summed E-state index contributed by atoms with van der Waals surface area (Å²) in [6, 6.07) is 7.04. The molecule has 1 fully saturated rings. The summed E-state index contributed by atoms with van der Waals surface area (Å²) in [6.07, 6.45) is 0.430. The van der Waals surface area contributed by atoms with Gasteiger partial charge in [-0.05, 0) is 18.2 Å². The first kappa shape index (κ1) is 14.9. The van der Waals surface area contributed by atoms with E-state index in [0.29, 0.717) is 17.8 Å². The molecule has 1 aromatic rings. The van der Waals surface area contributed by atoms with Crippen molar-refractivity contribution >= 4 is 35.0 Å². The predicted octanol–water partition coefficient (Wildman–Crippen LogP) is 1.68. The number of carbonyl (C=O) groups is 2. The molecule has 1 atom stereocenters. The summed E-state index contributed by atoms with van der Waals surface area (Å²) in [5.74, 6) is 1.76. The molecule has 1 aromatic carbocycles. The number of thioether (sulfide) groups is 1. The van der Waals surface area contributed by atoms with Gasteiger partial charge in [0.05, 0.1) is 6.04 Å². The fourth-order valence-electron chi connectivity index (χ4n) is 1.89. The van der Waals surface area contributed by atoms with Gasteiger partial charge < -0.3 is 16.0 Å². The molecule has 1 unspecified atom stereocenters. The Labute approximate surface area is 122 Å². The van der Waals surface area contributed by atoms with E-state index in [1.807, 2.05) is 12.1 Å². The first-order valence-electron chi connectivity index (χ1n) is 6.71. The van der Waals surface area contributed by atoms with E-state index in [4.69, 9.17) is 0 Å². The second-order valence-corrected chi connectivity index (χ2v) is 5.70. The maximum absolute atomic E-state index is 12.1. The van der Waals surface area contributed by atoms with E-state index in [-0.39, 0.29) is 17.9 Å². The van der Waals surface area contributed by atoms with Gasteiger partial charge in [0.1, 0.15) is 0 Å². The fourth-order valence-corrected chi connectivity index (χ4v) is 2.82. The van der Waals surface area contributed by atoms with Crippen molar-refractivity contribution in [1.82, 2.24) is 5.32 Å². The number of nitrogens with one attached hydrogen (secondary N) is 3. The van der Waals surface area contributed by atoms with E-state index in [0.717, 1.165) is 18.1 Å². The van der Waals surface area contributed by atoms with E-state index >= 15 is 0 Å². The van der Waals surface area contributed by atoms with Crippen LogP contribution in [0.1, 0.15) is 13.3 Å². The number of hydrogen-bond donors (Lipinski definition) is 3. The SMILES string of the molecule is CCC(=O)Nc1cccc(NC(=O)C2CSCCN2)c1. The van der Waals surface area contributed by atoms with Crippen molar-refractivity contribution in [3.05, 3.63) is 24.3 Å². The fraction of sp³-hybridized carbons (Fsp3) is 0.429. The molecule has 6 heteroatoms. The van der Waals surface area contributed by atoms with Gasteiger partial charge in [0.15, 0.2) is 0 Å². The zero-order chi connectivity index (χ0) is 14.4. The van der Waals surface area contributed by atoms with Crippen LogP contribution in [-0.4, -0.2) is 35.9 Å². The van der Waals surface area contributed by atoms with Crippen molar-refractivity contribution in [2.75, 3.05) is 28.7 Å². The van der Waals surface area contributed by atoms with Gasteiger partial charge in [-0.25, -0.2) is 0 Å². The van der Waals surface area contributed by atoms with Crippen LogP contribution in [0, 0.1) is 0 Å². The Morgan fingerprint density at radius 2 is 2.10 bits per heavy atom. The molecule has 1 aliphatic heterocycles. The molecule has 1 heterocycles. The molecular weight excluding hydrogens is 274 g/mol. The molecular formula is C14H19N3O2S. The van der Waals surface area contributed by atoms with Gasteiger partial charge in [-0.2, -0.15) is 11.8 Å². The molecule has 0 bridgehead atoms. The molecule has 108 valence electrons. The van der Waals surface area contributed by atoms with Crippen LogP contribution in [0.2, 0.25) is 0 Å². The van der Waals surface area contributed by atoms with Gasteiger partial charge in [0, 0.05) is 35.8 Å². The topological polar surface area (TPSA) is 70.2 Å². The van der Waals surface area contributed by atoms with Crippen molar-refractivity contribution in [1.29, 1.82) is 0 Å². The highest BCUT2D eigenvalue weighted by molar-refractivity contribution is 7.99. The molecule has 0 radical (unpaired) electrons. The summed E-state index contributed by atoms with van der Waals surface area (Å²) < 4.78 is 0. The van der Waals surface area contributed by atoms with Gasteiger partial charge in [-0.15, -0.1) is 0 Å². The van der Waals surface area contributed by atoms with Crippen LogP contribution in [0.5, 0.6) is 0 Å². The molecule has 1 aliphatic rings. The lowest BCUT2D eigenvalue weighted by Crippen LogP contribution is -2.46. The number of rotatable bonds is 4. The molecule has 2 rings (SSSR count). The quantitative estimate of drug-likeness (QED) is 0.790. The minimum Gasteiger partial charge on any atom is -0.326 e. The van der Waals surface area contributed by atoms with E-state index in [1.54, 1.807) is 30.8 Å². The number of anilines is 2. The molecule has 20 heavy (non-hydrogen) atoms. The summed E-state index contributed by atoms with van der Waals surface area (Å²) >= 11 is 1.78. The number of hydrogen-bond acceptors (Lipinski definition) is 4. The average Bonchev–Trinajstić information content (AvgIpc) is 2.48. The Hall–Kier alpha value is -1.53. The number of benzene rings is 1. The minimum atomic E-state index is -0.150. The van der Waals surface area contributed by atoms with Crippen LogP contribution in [0.15, 0.2) is 24.3 Å². The van der Waals surface area contributed by atoms with E-state index in [2.05, 4.69) is 16.0 Å². The second-order valence-electron chi connectivity index (χ2n) is 4.55. The molecule has 2 amide bonds. The van der Waals surface area contributed by atoms with Crippen molar-refractivity contribution < 1.29 is 9.59 Å². The summed E-state index contributed by atoms with van der Waals surface area (Å²) in [4.78, 5) is 23.4. The van der Waals surface area contributed by atoms with E-state index < -0.39 is 0 Å². The van der Waals surface area contributed by atoms with Gasteiger partial charge in [0.25, 0.3) is 0 Å². The molecule has 0 aliphatic carbocycles. The third-order valence-corrected chi connectivity index (χ3v) is 4.03. The molecule has 0 spiro atoms. The standard InChI is InChI=1S/C14H19N3O2S/c1-2-13(18)16-10-4-3-5-11(8-10)17-14(19)12-9-20-7-6-15-12/h3-5,8,12,15H,2,6-7,9H2,1H3,(H,16,18)(H,17,19). The van der Waals surface area contributed by atoms with E-state index in [1.165, 1.54) is 0 Å².